The highest BCUT2D eigenvalue weighted by atomic mass is 79.9. The molecule has 20 heavy (non-hydrogen) atoms. The second-order valence-corrected chi connectivity index (χ2v) is 5.27. The van der Waals surface area contributed by atoms with Crippen molar-refractivity contribution in [2.24, 2.45) is 0 Å². The number of nitro groups is 1. The van der Waals surface area contributed by atoms with Crippen LogP contribution in [0.25, 0.3) is 0 Å². The van der Waals surface area contributed by atoms with E-state index in [1.54, 1.807) is 6.07 Å². The third kappa shape index (κ3) is 3.46. The number of hydrogen-bond donors (Lipinski definition) is 1. The van der Waals surface area contributed by atoms with Crippen molar-refractivity contribution in [3.63, 3.8) is 0 Å². The van der Waals surface area contributed by atoms with Crippen molar-refractivity contribution in [1.29, 1.82) is 0 Å². The molecule has 0 saturated carbocycles. The van der Waals surface area contributed by atoms with Gasteiger partial charge in [0.25, 0.3) is 5.69 Å². The fourth-order valence-corrected chi connectivity index (χ4v) is 2.31. The Hall–Kier alpha value is -1.66. The topological polar surface area (TPSA) is 55.2 Å². The molecular weight excluding hydrogens is 351 g/mol. The Morgan fingerprint density at radius 3 is 2.70 bits per heavy atom. The second-order valence-electron chi connectivity index (χ2n) is 4.01. The molecule has 0 spiro atoms. The number of halogens is 3. The maximum absolute atomic E-state index is 13.0. The van der Waals surface area contributed by atoms with Gasteiger partial charge in [-0.3, -0.25) is 10.1 Å². The van der Waals surface area contributed by atoms with Gasteiger partial charge < -0.3 is 5.32 Å². The minimum absolute atomic E-state index is 0.0237. The monoisotopic (exact) mass is 358 g/mol. The summed E-state index contributed by atoms with van der Waals surface area (Å²) in [6, 6.07) is 8.47. The molecule has 0 bridgehead atoms. The molecule has 0 fully saturated rings. The Balaban J connectivity index is 2.18. The van der Waals surface area contributed by atoms with Crippen LogP contribution in [-0.2, 0) is 6.54 Å². The molecule has 0 aromatic heterocycles. The van der Waals surface area contributed by atoms with Crippen molar-refractivity contribution in [2.45, 2.75) is 6.54 Å². The molecular formula is C13H9BrClFN2O2. The first-order valence-corrected chi connectivity index (χ1v) is 6.76. The van der Waals surface area contributed by atoms with E-state index in [1.165, 1.54) is 30.3 Å². The van der Waals surface area contributed by atoms with Gasteiger partial charge in [0.05, 0.1) is 4.92 Å². The number of non-ortho nitro benzene ring substituents is 1. The third-order valence-electron chi connectivity index (χ3n) is 2.64. The molecule has 2 aromatic carbocycles. The number of nitro benzene ring substituents is 1. The van der Waals surface area contributed by atoms with Crippen molar-refractivity contribution in [3.8, 4) is 0 Å². The summed E-state index contributed by atoms with van der Waals surface area (Å²) in [6.45, 7) is 0.296. The molecule has 0 aliphatic heterocycles. The van der Waals surface area contributed by atoms with Crippen LogP contribution >= 0.6 is 27.5 Å². The molecule has 104 valence electrons. The van der Waals surface area contributed by atoms with Crippen molar-refractivity contribution in [1.82, 2.24) is 0 Å². The zero-order valence-corrected chi connectivity index (χ0v) is 12.4. The van der Waals surface area contributed by atoms with E-state index >= 15 is 0 Å². The molecule has 7 heteroatoms. The molecule has 4 nitrogen and oxygen atoms in total. The fraction of sp³-hybridized carbons (Fsp3) is 0.0769. The zero-order valence-electron chi connectivity index (χ0n) is 10.1. The first-order chi connectivity index (χ1) is 9.47. The fourth-order valence-electron chi connectivity index (χ4n) is 1.63. The molecule has 0 atom stereocenters. The predicted molar refractivity (Wildman–Crippen MR) is 79.5 cm³/mol. The van der Waals surface area contributed by atoms with E-state index in [1.807, 2.05) is 0 Å². The summed E-state index contributed by atoms with van der Waals surface area (Å²) in [6.07, 6.45) is 0. The van der Waals surface area contributed by atoms with Gasteiger partial charge >= 0.3 is 0 Å². The quantitative estimate of drug-likeness (QED) is 0.632. The van der Waals surface area contributed by atoms with Crippen LogP contribution in [-0.4, -0.2) is 4.92 Å². The van der Waals surface area contributed by atoms with Crippen LogP contribution in [0.5, 0.6) is 0 Å². The van der Waals surface area contributed by atoms with Gasteiger partial charge in [-0.15, -0.1) is 0 Å². The lowest BCUT2D eigenvalue weighted by Gasteiger charge is -2.10. The molecule has 0 heterocycles. The minimum Gasteiger partial charge on any atom is -0.380 e. The average Bonchev–Trinajstić information content (AvgIpc) is 2.39. The van der Waals surface area contributed by atoms with E-state index in [0.29, 0.717) is 27.3 Å². The molecule has 0 aliphatic rings. The Labute approximate surface area is 127 Å². The van der Waals surface area contributed by atoms with E-state index in [-0.39, 0.29) is 11.5 Å². The number of nitrogens with one attached hydrogen (secondary N) is 1. The van der Waals surface area contributed by atoms with Crippen LogP contribution in [0.3, 0.4) is 0 Å². The predicted octanol–water partition coefficient (Wildman–Crippen LogP) is 4.76. The Bertz CT molecular complexity index is 667. The maximum atomic E-state index is 13.0. The summed E-state index contributed by atoms with van der Waals surface area (Å²) in [5.74, 6) is -0.351. The van der Waals surface area contributed by atoms with Gasteiger partial charge in [0, 0.05) is 33.9 Å². The van der Waals surface area contributed by atoms with Crippen molar-refractivity contribution >= 4 is 38.9 Å². The van der Waals surface area contributed by atoms with Crippen LogP contribution in [0.15, 0.2) is 40.9 Å². The summed E-state index contributed by atoms with van der Waals surface area (Å²) < 4.78 is 13.5. The molecule has 0 saturated heterocycles. The Morgan fingerprint density at radius 2 is 2.05 bits per heavy atom. The van der Waals surface area contributed by atoms with Gasteiger partial charge in [-0.05, 0) is 45.8 Å². The highest BCUT2D eigenvalue weighted by molar-refractivity contribution is 9.10. The van der Waals surface area contributed by atoms with Crippen molar-refractivity contribution < 1.29 is 9.31 Å². The van der Waals surface area contributed by atoms with Gasteiger partial charge in [-0.25, -0.2) is 4.39 Å². The van der Waals surface area contributed by atoms with Gasteiger partial charge in [0.2, 0.25) is 0 Å². The van der Waals surface area contributed by atoms with E-state index in [2.05, 4.69) is 21.2 Å². The van der Waals surface area contributed by atoms with Crippen LogP contribution < -0.4 is 5.32 Å². The van der Waals surface area contributed by atoms with E-state index in [0.717, 1.165) is 0 Å². The molecule has 2 aromatic rings. The number of hydrogen-bond acceptors (Lipinski definition) is 3. The molecule has 0 aliphatic carbocycles. The number of benzene rings is 2. The van der Waals surface area contributed by atoms with Gasteiger partial charge in [0.1, 0.15) is 5.82 Å². The molecule has 0 radical (unpaired) electrons. The molecule has 1 N–H and O–H groups in total. The Morgan fingerprint density at radius 1 is 1.30 bits per heavy atom. The van der Waals surface area contributed by atoms with E-state index in [9.17, 15) is 14.5 Å². The zero-order chi connectivity index (χ0) is 14.7. The first kappa shape index (κ1) is 14.7. The lowest BCUT2D eigenvalue weighted by Crippen LogP contribution is -2.02. The van der Waals surface area contributed by atoms with E-state index < -0.39 is 4.92 Å². The molecule has 0 unspecified atom stereocenters. The minimum atomic E-state index is -0.479. The van der Waals surface area contributed by atoms with Crippen LogP contribution in [0.2, 0.25) is 5.02 Å². The summed E-state index contributed by atoms with van der Waals surface area (Å²) in [7, 11) is 0. The maximum Gasteiger partial charge on any atom is 0.269 e. The van der Waals surface area contributed by atoms with Crippen molar-refractivity contribution in [3.05, 3.63) is 67.4 Å². The van der Waals surface area contributed by atoms with Gasteiger partial charge in [0.15, 0.2) is 0 Å². The van der Waals surface area contributed by atoms with E-state index in [4.69, 9.17) is 11.6 Å². The standard InChI is InChI=1S/C13H9BrClFN2O2/c14-11-6-9(16)1-4-13(11)17-7-8-5-10(18(19)20)2-3-12(8)15/h1-6,17H,7H2. The van der Waals surface area contributed by atoms with Crippen LogP contribution in [0.1, 0.15) is 5.56 Å². The molecule has 2 rings (SSSR count). The average molecular weight is 360 g/mol. The lowest BCUT2D eigenvalue weighted by molar-refractivity contribution is -0.384. The molecule has 0 amide bonds. The number of rotatable bonds is 4. The smallest absolute Gasteiger partial charge is 0.269 e. The highest BCUT2D eigenvalue weighted by Crippen LogP contribution is 2.26. The van der Waals surface area contributed by atoms with Crippen LogP contribution in [0.4, 0.5) is 15.8 Å². The summed E-state index contributed by atoms with van der Waals surface area (Å²) in [4.78, 5) is 10.2. The SMILES string of the molecule is O=[N+]([O-])c1ccc(Cl)c(CNc2ccc(F)cc2Br)c1. The summed E-state index contributed by atoms with van der Waals surface area (Å²) >= 11 is 9.23. The van der Waals surface area contributed by atoms with Gasteiger partial charge in [-0.1, -0.05) is 11.6 Å². The van der Waals surface area contributed by atoms with Crippen LogP contribution in [0, 0.1) is 15.9 Å². The summed E-state index contributed by atoms with van der Waals surface area (Å²) in [5, 5.41) is 14.2. The first-order valence-electron chi connectivity index (χ1n) is 5.59. The lowest BCUT2D eigenvalue weighted by atomic mass is 10.2. The number of anilines is 1. The number of nitrogens with zero attached hydrogens (tertiary/aromatic N) is 1. The highest BCUT2D eigenvalue weighted by Gasteiger charge is 2.10. The van der Waals surface area contributed by atoms with Crippen molar-refractivity contribution in [2.75, 3.05) is 5.32 Å². The third-order valence-corrected chi connectivity index (χ3v) is 3.67. The van der Waals surface area contributed by atoms with Gasteiger partial charge in [-0.2, -0.15) is 0 Å². The Kier molecular flexibility index (Phi) is 4.57. The second kappa shape index (κ2) is 6.19. The largest absolute Gasteiger partial charge is 0.380 e. The summed E-state index contributed by atoms with van der Waals surface area (Å²) in [5.41, 5.74) is 1.25. The normalized spacial score (nSPS) is 10.3.